The van der Waals surface area contributed by atoms with Gasteiger partial charge in [0.05, 0.1) is 0 Å². The molecule has 0 spiro atoms. The van der Waals surface area contributed by atoms with Gasteiger partial charge in [0.15, 0.2) is 5.11 Å². The molecule has 1 amide bonds. The molecule has 4 heteroatoms. The van der Waals surface area contributed by atoms with Crippen LogP contribution in [0.1, 0.15) is 26.7 Å². The Balaban J connectivity index is 2.14. The highest BCUT2D eigenvalue weighted by Crippen LogP contribution is 2.30. The summed E-state index contributed by atoms with van der Waals surface area (Å²) in [6, 6.07) is 0.310. The number of rotatable bonds is 2. The summed E-state index contributed by atoms with van der Waals surface area (Å²) in [6.45, 7) is 4.07. The van der Waals surface area contributed by atoms with Gasteiger partial charge in [-0.05, 0) is 31.0 Å². The molecular weight excluding hydrogens is 184 g/mol. The zero-order valence-corrected chi connectivity index (χ0v) is 8.73. The Labute approximate surface area is 83.5 Å². The average Bonchev–Trinajstić information content (AvgIpc) is 2.80. The van der Waals surface area contributed by atoms with Gasteiger partial charge in [-0.3, -0.25) is 9.69 Å². The van der Waals surface area contributed by atoms with E-state index in [1.165, 1.54) is 0 Å². The zero-order valence-electron chi connectivity index (χ0n) is 7.91. The normalized spacial score (nSPS) is 28.5. The number of nitrogens with one attached hydrogen (secondary N) is 1. The second-order valence-corrected chi connectivity index (χ2v) is 4.50. The fourth-order valence-corrected chi connectivity index (χ4v) is 2.01. The Morgan fingerprint density at radius 2 is 2.15 bits per heavy atom. The van der Waals surface area contributed by atoms with Gasteiger partial charge in [-0.2, -0.15) is 0 Å². The van der Waals surface area contributed by atoms with E-state index >= 15 is 0 Å². The van der Waals surface area contributed by atoms with E-state index in [1.807, 2.05) is 13.8 Å². The molecule has 0 aromatic heterocycles. The molecule has 0 aromatic carbocycles. The molecule has 2 rings (SSSR count). The average molecular weight is 198 g/mol. The highest BCUT2D eigenvalue weighted by atomic mass is 32.1. The lowest BCUT2D eigenvalue weighted by Crippen LogP contribution is -2.35. The minimum absolute atomic E-state index is 0.0897. The van der Waals surface area contributed by atoms with Gasteiger partial charge in [-0.1, -0.05) is 13.8 Å². The molecule has 2 fully saturated rings. The van der Waals surface area contributed by atoms with E-state index in [0.29, 0.717) is 17.1 Å². The van der Waals surface area contributed by atoms with Crippen LogP contribution in [0, 0.1) is 5.92 Å². The van der Waals surface area contributed by atoms with Crippen molar-refractivity contribution >= 4 is 23.2 Å². The summed E-state index contributed by atoms with van der Waals surface area (Å²) in [4.78, 5) is 13.6. The number of carbonyl (C=O) groups is 1. The van der Waals surface area contributed by atoms with Crippen molar-refractivity contribution in [3.05, 3.63) is 0 Å². The van der Waals surface area contributed by atoms with Gasteiger partial charge in [0.25, 0.3) is 5.91 Å². The molecule has 0 radical (unpaired) electrons. The molecular formula is C9H14N2OS. The number of hydrogen-bond acceptors (Lipinski definition) is 2. The Morgan fingerprint density at radius 1 is 1.54 bits per heavy atom. The fraction of sp³-hybridized carbons (Fsp3) is 0.778. The van der Waals surface area contributed by atoms with Crippen LogP contribution in [-0.4, -0.2) is 28.0 Å². The molecule has 1 N–H and O–H groups in total. The fourth-order valence-electron chi connectivity index (χ4n) is 1.64. The molecule has 1 aliphatic carbocycles. The van der Waals surface area contributed by atoms with E-state index in [1.54, 1.807) is 4.90 Å². The summed E-state index contributed by atoms with van der Waals surface area (Å²) in [7, 11) is 0. The first-order chi connectivity index (χ1) is 6.11. The maximum atomic E-state index is 11.8. The molecule has 1 saturated carbocycles. The van der Waals surface area contributed by atoms with Gasteiger partial charge in [-0.25, -0.2) is 0 Å². The number of hydrogen-bond donors (Lipinski definition) is 1. The lowest BCUT2D eigenvalue weighted by molar-refractivity contribution is -0.128. The van der Waals surface area contributed by atoms with Crippen molar-refractivity contribution in [3.8, 4) is 0 Å². The minimum atomic E-state index is -0.0897. The van der Waals surface area contributed by atoms with Gasteiger partial charge < -0.3 is 5.32 Å². The molecule has 1 aliphatic heterocycles. The molecule has 13 heavy (non-hydrogen) atoms. The molecule has 1 saturated heterocycles. The standard InChI is InChI=1S/C9H14N2OS/c1-5(2)7-8(12)11(6-3-4-6)9(13)10-7/h5-7H,3-4H2,1-2H3,(H,10,13). The molecule has 1 unspecified atom stereocenters. The van der Waals surface area contributed by atoms with E-state index in [4.69, 9.17) is 12.2 Å². The topological polar surface area (TPSA) is 32.3 Å². The zero-order chi connectivity index (χ0) is 9.59. The van der Waals surface area contributed by atoms with Crippen LogP contribution in [-0.2, 0) is 4.79 Å². The van der Waals surface area contributed by atoms with Gasteiger partial charge in [-0.15, -0.1) is 0 Å². The maximum Gasteiger partial charge on any atom is 0.251 e. The number of amides is 1. The Kier molecular flexibility index (Phi) is 2.02. The van der Waals surface area contributed by atoms with Crippen molar-refractivity contribution in [1.82, 2.24) is 10.2 Å². The van der Waals surface area contributed by atoms with Crippen LogP contribution in [0.5, 0.6) is 0 Å². The third-order valence-electron chi connectivity index (χ3n) is 2.58. The monoisotopic (exact) mass is 198 g/mol. The predicted octanol–water partition coefficient (Wildman–Crippen LogP) is 0.890. The highest BCUT2D eigenvalue weighted by Gasteiger charge is 2.44. The van der Waals surface area contributed by atoms with E-state index in [9.17, 15) is 4.79 Å². The van der Waals surface area contributed by atoms with Crippen molar-refractivity contribution < 1.29 is 4.79 Å². The highest BCUT2D eigenvalue weighted by molar-refractivity contribution is 7.80. The molecule has 3 nitrogen and oxygen atoms in total. The van der Waals surface area contributed by atoms with Crippen LogP contribution in [0.3, 0.4) is 0 Å². The Hall–Kier alpha value is -0.640. The van der Waals surface area contributed by atoms with Gasteiger partial charge in [0.2, 0.25) is 0 Å². The van der Waals surface area contributed by atoms with Crippen LogP contribution < -0.4 is 5.32 Å². The molecule has 72 valence electrons. The Morgan fingerprint density at radius 3 is 2.54 bits per heavy atom. The van der Waals surface area contributed by atoms with E-state index in [2.05, 4.69) is 5.32 Å². The second-order valence-electron chi connectivity index (χ2n) is 4.11. The number of thiocarbonyl (C=S) groups is 1. The van der Waals surface area contributed by atoms with E-state index < -0.39 is 0 Å². The minimum Gasteiger partial charge on any atom is -0.350 e. The second kappa shape index (κ2) is 2.94. The third kappa shape index (κ3) is 1.43. The number of carbonyl (C=O) groups excluding carboxylic acids is 1. The van der Waals surface area contributed by atoms with Crippen molar-refractivity contribution in [2.75, 3.05) is 0 Å². The molecule has 0 bridgehead atoms. The molecule has 1 atom stereocenters. The van der Waals surface area contributed by atoms with Crippen molar-refractivity contribution in [3.63, 3.8) is 0 Å². The summed E-state index contributed by atoms with van der Waals surface area (Å²) in [5, 5.41) is 3.71. The first kappa shape index (κ1) is 8.94. The summed E-state index contributed by atoms with van der Waals surface area (Å²) >= 11 is 5.12. The van der Waals surface area contributed by atoms with Crippen molar-refractivity contribution in [1.29, 1.82) is 0 Å². The van der Waals surface area contributed by atoms with Crippen LogP contribution in [0.2, 0.25) is 0 Å². The van der Waals surface area contributed by atoms with Crippen molar-refractivity contribution in [2.24, 2.45) is 5.92 Å². The van der Waals surface area contributed by atoms with Crippen LogP contribution in [0.4, 0.5) is 0 Å². The van der Waals surface area contributed by atoms with E-state index in [-0.39, 0.29) is 11.9 Å². The van der Waals surface area contributed by atoms with Gasteiger partial charge in [0, 0.05) is 6.04 Å². The van der Waals surface area contributed by atoms with Crippen LogP contribution >= 0.6 is 12.2 Å². The quantitative estimate of drug-likeness (QED) is 0.669. The first-order valence-electron chi connectivity index (χ1n) is 4.75. The summed E-state index contributed by atoms with van der Waals surface area (Å²) in [5.74, 6) is 0.483. The largest absolute Gasteiger partial charge is 0.350 e. The van der Waals surface area contributed by atoms with Gasteiger partial charge >= 0.3 is 0 Å². The Bertz CT molecular complexity index is 260. The SMILES string of the molecule is CC(C)C1NC(=S)N(C2CC2)C1=O. The van der Waals surface area contributed by atoms with Crippen LogP contribution in [0.15, 0.2) is 0 Å². The van der Waals surface area contributed by atoms with E-state index in [0.717, 1.165) is 12.8 Å². The summed E-state index contributed by atoms with van der Waals surface area (Å²) in [5.41, 5.74) is 0. The summed E-state index contributed by atoms with van der Waals surface area (Å²) < 4.78 is 0. The predicted molar refractivity (Wildman–Crippen MR) is 54.2 cm³/mol. The molecule has 2 aliphatic rings. The van der Waals surface area contributed by atoms with Crippen LogP contribution in [0.25, 0.3) is 0 Å². The number of nitrogens with zero attached hydrogens (tertiary/aromatic N) is 1. The first-order valence-corrected chi connectivity index (χ1v) is 5.15. The molecule has 1 heterocycles. The summed E-state index contributed by atoms with van der Waals surface area (Å²) in [6.07, 6.45) is 2.22. The smallest absolute Gasteiger partial charge is 0.251 e. The maximum absolute atomic E-state index is 11.8. The van der Waals surface area contributed by atoms with Crippen molar-refractivity contribution in [2.45, 2.75) is 38.8 Å². The van der Waals surface area contributed by atoms with Gasteiger partial charge in [0.1, 0.15) is 6.04 Å². The lowest BCUT2D eigenvalue weighted by Gasteiger charge is -2.14. The molecule has 0 aromatic rings. The lowest BCUT2D eigenvalue weighted by atomic mass is 10.1. The third-order valence-corrected chi connectivity index (χ3v) is 2.89.